The Labute approximate surface area is 140 Å². The van der Waals surface area contributed by atoms with Crippen molar-refractivity contribution >= 4 is 5.91 Å². The van der Waals surface area contributed by atoms with E-state index in [0.29, 0.717) is 23.0 Å². The van der Waals surface area contributed by atoms with Crippen LogP contribution in [0.25, 0.3) is 0 Å². The molecule has 0 spiro atoms. The van der Waals surface area contributed by atoms with Crippen LogP contribution in [0.4, 0.5) is 0 Å². The standard InChI is InChI=1S/C18H19N5O/c19-11-12-1-3-15(4-2-12)18(24)23-9-7-14(8-10-23)17-20-16(21-22-17)13-5-6-13/h1-4,13-14H,5-10H2,(H,20,21,22). The Morgan fingerprint density at radius 2 is 1.83 bits per heavy atom. The summed E-state index contributed by atoms with van der Waals surface area (Å²) in [6.07, 6.45) is 4.21. The van der Waals surface area contributed by atoms with Gasteiger partial charge in [-0.3, -0.25) is 9.89 Å². The Morgan fingerprint density at radius 3 is 2.46 bits per heavy atom. The number of hydrogen-bond donors (Lipinski definition) is 1. The van der Waals surface area contributed by atoms with Crippen LogP contribution in [0.3, 0.4) is 0 Å². The number of carbonyl (C=O) groups is 1. The van der Waals surface area contributed by atoms with E-state index in [4.69, 9.17) is 5.26 Å². The molecule has 0 unspecified atom stereocenters. The molecule has 0 bridgehead atoms. The molecule has 0 atom stereocenters. The molecule has 2 fully saturated rings. The van der Waals surface area contributed by atoms with Gasteiger partial charge in [0.2, 0.25) is 0 Å². The molecule has 4 rings (SSSR count). The number of amides is 1. The maximum absolute atomic E-state index is 12.6. The second-order valence-corrected chi connectivity index (χ2v) is 6.61. The molecule has 122 valence electrons. The van der Waals surface area contributed by atoms with Gasteiger partial charge in [-0.25, -0.2) is 4.98 Å². The Hall–Kier alpha value is -2.68. The highest BCUT2D eigenvalue weighted by Gasteiger charge is 2.30. The number of carbonyl (C=O) groups excluding carboxylic acids is 1. The zero-order chi connectivity index (χ0) is 16.5. The predicted octanol–water partition coefficient (Wildman–Crippen LogP) is 2.57. The largest absolute Gasteiger partial charge is 0.339 e. The molecule has 6 nitrogen and oxygen atoms in total. The Kier molecular flexibility index (Phi) is 3.77. The van der Waals surface area contributed by atoms with Gasteiger partial charge in [0, 0.05) is 30.5 Å². The molecule has 6 heteroatoms. The molecule has 2 aromatic rings. The molecule has 1 aliphatic heterocycles. The van der Waals surface area contributed by atoms with Crippen LogP contribution in [-0.4, -0.2) is 39.1 Å². The van der Waals surface area contributed by atoms with Crippen LogP contribution < -0.4 is 0 Å². The molecule has 2 heterocycles. The van der Waals surface area contributed by atoms with Crippen LogP contribution in [0.5, 0.6) is 0 Å². The lowest BCUT2D eigenvalue weighted by Gasteiger charge is -2.31. The highest BCUT2D eigenvalue weighted by atomic mass is 16.2. The molecule has 1 saturated heterocycles. The molecule has 24 heavy (non-hydrogen) atoms. The minimum Gasteiger partial charge on any atom is -0.339 e. The summed E-state index contributed by atoms with van der Waals surface area (Å²) in [5, 5.41) is 16.3. The number of rotatable bonds is 3. The molecular weight excluding hydrogens is 302 g/mol. The van der Waals surface area contributed by atoms with E-state index in [1.165, 1.54) is 12.8 Å². The number of aromatic amines is 1. The zero-order valence-electron chi connectivity index (χ0n) is 13.4. The van der Waals surface area contributed by atoms with Crippen LogP contribution in [0.15, 0.2) is 24.3 Å². The average molecular weight is 321 g/mol. The number of nitriles is 1. The Morgan fingerprint density at radius 1 is 1.12 bits per heavy atom. The zero-order valence-corrected chi connectivity index (χ0v) is 13.4. The van der Waals surface area contributed by atoms with Gasteiger partial charge in [0.1, 0.15) is 5.82 Å². The summed E-state index contributed by atoms with van der Waals surface area (Å²) in [5.74, 6) is 2.89. The SMILES string of the molecule is N#Cc1ccc(C(=O)N2CCC(c3nc(C4CC4)n[nH]3)CC2)cc1. The number of piperidine rings is 1. The summed E-state index contributed by atoms with van der Waals surface area (Å²) in [6, 6.07) is 8.90. The second kappa shape index (κ2) is 6.08. The molecule has 1 aromatic heterocycles. The molecule has 0 radical (unpaired) electrons. The highest BCUT2D eigenvalue weighted by Crippen LogP contribution is 2.38. The molecular formula is C18H19N5O. The molecule has 1 aliphatic carbocycles. The molecule has 1 N–H and O–H groups in total. The van der Waals surface area contributed by atoms with E-state index in [2.05, 4.69) is 21.3 Å². The highest BCUT2D eigenvalue weighted by molar-refractivity contribution is 5.94. The first-order valence-corrected chi connectivity index (χ1v) is 8.46. The summed E-state index contributed by atoms with van der Waals surface area (Å²) < 4.78 is 0. The maximum atomic E-state index is 12.6. The van der Waals surface area contributed by atoms with Crippen LogP contribution in [0, 0.1) is 11.3 Å². The number of H-pyrrole nitrogens is 1. The molecule has 2 aliphatic rings. The van der Waals surface area contributed by atoms with E-state index in [-0.39, 0.29) is 5.91 Å². The van der Waals surface area contributed by atoms with Gasteiger partial charge < -0.3 is 4.90 Å². The lowest BCUT2D eigenvalue weighted by atomic mass is 9.95. The molecule has 1 amide bonds. The van der Waals surface area contributed by atoms with Crippen molar-refractivity contribution in [2.24, 2.45) is 0 Å². The van der Waals surface area contributed by atoms with Crippen LogP contribution in [0.1, 0.15) is 65.1 Å². The first kappa shape index (κ1) is 14.9. The number of nitrogens with one attached hydrogen (secondary N) is 1. The average Bonchev–Trinajstić information content (AvgIpc) is 3.38. The fourth-order valence-corrected chi connectivity index (χ4v) is 3.22. The Bertz CT molecular complexity index is 776. The lowest BCUT2D eigenvalue weighted by Crippen LogP contribution is -2.38. The summed E-state index contributed by atoms with van der Waals surface area (Å²) in [6.45, 7) is 1.45. The second-order valence-electron chi connectivity index (χ2n) is 6.61. The third-order valence-corrected chi connectivity index (χ3v) is 4.89. The van der Waals surface area contributed by atoms with E-state index >= 15 is 0 Å². The van der Waals surface area contributed by atoms with Gasteiger partial charge in [-0.1, -0.05) is 0 Å². The summed E-state index contributed by atoms with van der Waals surface area (Å²) in [7, 11) is 0. The smallest absolute Gasteiger partial charge is 0.253 e. The first-order valence-electron chi connectivity index (χ1n) is 8.46. The topological polar surface area (TPSA) is 85.7 Å². The van der Waals surface area contributed by atoms with Crippen LogP contribution in [0.2, 0.25) is 0 Å². The van der Waals surface area contributed by atoms with Gasteiger partial charge in [0.25, 0.3) is 5.91 Å². The van der Waals surface area contributed by atoms with Gasteiger partial charge in [-0.05, 0) is 49.9 Å². The van der Waals surface area contributed by atoms with Crippen LogP contribution in [-0.2, 0) is 0 Å². The Balaban J connectivity index is 1.37. The fourth-order valence-electron chi connectivity index (χ4n) is 3.22. The normalized spacial score (nSPS) is 18.4. The molecule has 1 aromatic carbocycles. The van der Waals surface area contributed by atoms with Crippen molar-refractivity contribution in [1.29, 1.82) is 5.26 Å². The number of hydrogen-bond acceptors (Lipinski definition) is 4. The van der Waals surface area contributed by atoms with Gasteiger partial charge in [0.15, 0.2) is 5.82 Å². The summed E-state index contributed by atoms with van der Waals surface area (Å²) >= 11 is 0. The van der Waals surface area contributed by atoms with Gasteiger partial charge in [-0.2, -0.15) is 10.4 Å². The van der Waals surface area contributed by atoms with Crippen molar-refractivity contribution in [3.8, 4) is 6.07 Å². The number of nitrogens with zero attached hydrogens (tertiary/aromatic N) is 4. The number of benzene rings is 1. The van der Waals surface area contributed by atoms with Gasteiger partial charge in [-0.15, -0.1) is 0 Å². The van der Waals surface area contributed by atoms with E-state index in [9.17, 15) is 4.79 Å². The van der Waals surface area contributed by atoms with Gasteiger partial charge >= 0.3 is 0 Å². The minimum absolute atomic E-state index is 0.0363. The monoisotopic (exact) mass is 321 g/mol. The van der Waals surface area contributed by atoms with Crippen molar-refractivity contribution in [1.82, 2.24) is 20.1 Å². The maximum Gasteiger partial charge on any atom is 0.253 e. The lowest BCUT2D eigenvalue weighted by molar-refractivity contribution is 0.0711. The van der Waals surface area contributed by atoms with E-state index in [0.717, 1.165) is 37.6 Å². The van der Waals surface area contributed by atoms with Crippen molar-refractivity contribution in [3.05, 3.63) is 47.0 Å². The van der Waals surface area contributed by atoms with Crippen molar-refractivity contribution in [2.75, 3.05) is 13.1 Å². The quantitative estimate of drug-likeness (QED) is 0.941. The predicted molar refractivity (Wildman–Crippen MR) is 87.4 cm³/mol. The third kappa shape index (κ3) is 2.90. The number of aromatic nitrogens is 3. The first-order chi connectivity index (χ1) is 11.7. The van der Waals surface area contributed by atoms with Crippen molar-refractivity contribution in [3.63, 3.8) is 0 Å². The molecule has 1 saturated carbocycles. The van der Waals surface area contributed by atoms with Crippen molar-refractivity contribution < 1.29 is 4.79 Å². The number of likely N-dealkylation sites (tertiary alicyclic amines) is 1. The summed E-state index contributed by atoms with van der Waals surface area (Å²) in [4.78, 5) is 19.1. The van der Waals surface area contributed by atoms with E-state index < -0.39 is 0 Å². The van der Waals surface area contributed by atoms with E-state index in [1.54, 1.807) is 24.3 Å². The van der Waals surface area contributed by atoms with Crippen molar-refractivity contribution in [2.45, 2.75) is 37.5 Å². The minimum atomic E-state index is 0.0363. The van der Waals surface area contributed by atoms with Gasteiger partial charge in [0.05, 0.1) is 11.6 Å². The van der Waals surface area contributed by atoms with E-state index in [1.807, 2.05) is 4.90 Å². The fraction of sp³-hybridized carbons (Fsp3) is 0.444. The third-order valence-electron chi connectivity index (χ3n) is 4.89. The van der Waals surface area contributed by atoms with Crippen LogP contribution >= 0.6 is 0 Å². The summed E-state index contributed by atoms with van der Waals surface area (Å²) in [5.41, 5.74) is 1.21.